The van der Waals surface area contributed by atoms with Crippen molar-refractivity contribution >= 4 is 0 Å². The molecular weight excluding hydrogens is 190 g/mol. The summed E-state index contributed by atoms with van der Waals surface area (Å²) in [6, 6.07) is 0.625. The van der Waals surface area contributed by atoms with Gasteiger partial charge in [-0.3, -0.25) is 4.90 Å². The highest BCUT2D eigenvalue weighted by Crippen LogP contribution is 2.07. The van der Waals surface area contributed by atoms with Crippen LogP contribution in [0.4, 0.5) is 0 Å². The summed E-state index contributed by atoms with van der Waals surface area (Å²) in [7, 11) is 2.18. The van der Waals surface area contributed by atoms with E-state index < -0.39 is 0 Å². The monoisotopic (exact) mass is 213 g/mol. The summed E-state index contributed by atoms with van der Waals surface area (Å²) < 4.78 is 5.78. The molecule has 2 fully saturated rings. The molecular formula is C11H23N3O. The Bertz CT molecular complexity index is 180. The fraction of sp³-hybridized carbons (Fsp3) is 1.00. The Kier molecular flexibility index (Phi) is 3.97. The minimum absolute atomic E-state index is 0.411. The summed E-state index contributed by atoms with van der Waals surface area (Å²) >= 11 is 0. The quantitative estimate of drug-likeness (QED) is 0.676. The van der Waals surface area contributed by atoms with Crippen molar-refractivity contribution in [2.75, 3.05) is 52.9 Å². The fourth-order valence-electron chi connectivity index (χ4n) is 2.44. The van der Waals surface area contributed by atoms with Crippen LogP contribution in [0.25, 0.3) is 0 Å². The molecule has 15 heavy (non-hydrogen) atoms. The third-order valence-corrected chi connectivity index (χ3v) is 3.26. The molecule has 2 atom stereocenters. The van der Waals surface area contributed by atoms with Gasteiger partial charge in [-0.25, -0.2) is 0 Å². The van der Waals surface area contributed by atoms with Gasteiger partial charge in [0.05, 0.1) is 12.7 Å². The molecule has 4 nitrogen and oxygen atoms in total. The minimum atomic E-state index is 0.411. The van der Waals surface area contributed by atoms with Crippen LogP contribution in [-0.2, 0) is 4.74 Å². The number of morpholine rings is 1. The van der Waals surface area contributed by atoms with Crippen LogP contribution in [0.15, 0.2) is 0 Å². The average Bonchev–Trinajstić information content (AvgIpc) is 2.17. The molecule has 0 aromatic rings. The molecule has 0 amide bonds. The first-order chi connectivity index (χ1) is 7.24. The number of piperazine rings is 1. The van der Waals surface area contributed by atoms with E-state index >= 15 is 0 Å². The molecule has 0 saturated carbocycles. The lowest BCUT2D eigenvalue weighted by molar-refractivity contribution is -0.0383. The van der Waals surface area contributed by atoms with Gasteiger partial charge in [-0.05, 0) is 14.0 Å². The normalized spacial score (nSPS) is 35.6. The molecule has 88 valence electrons. The van der Waals surface area contributed by atoms with E-state index in [0.717, 1.165) is 45.9 Å². The van der Waals surface area contributed by atoms with Gasteiger partial charge < -0.3 is 15.0 Å². The molecule has 0 radical (unpaired) electrons. The second-order valence-electron chi connectivity index (χ2n) is 4.87. The number of likely N-dealkylation sites (N-methyl/N-ethyl adjacent to an activating group) is 1. The first-order valence-electron chi connectivity index (χ1n) is 6.00. The first kappa shape index (κ1) is 11.3. The second kappa shape index (κ2) is 5.25. The summed E-state index contributed by atoms with van der Waals surface area (Å²) in [5.41, 5.74) is 0. The zero-order valence-electron chi connectivity index (χ0n) is 9.91. The summed E-state index contributed by atoms with van der Waals surface area (Å²) in [6.07, 6.45) is 0.411. The van der Waals surface area contributed by atoms with Gasteiger partial charge in [0.1, 0.15) is 0 Å². The fourth-order valence-corrected chi connectivity index (χ4v) is 2.44. The topological polar surface area (TPSA) is 27.7 Å². The molecule has 2 heterocycles. The van der Waals surface area contributed by atoms with Crippen molar-refractivity contribution < 1.29 is 4.74 Å². The smallest absolute Gasteiger partial charge is 0.0829 e. The van der Waals surface area contributed by atoms with Crippen molar-refractivity contribution in [2.45, 2.75) is 19.1 Å². The lowest BCUT2D eigenvalue weighted by Crippen LogP contribution is -2.53. The van der Waals surface area contributed by atoms with Gasteiger partial charge in [0.15, 0.2) is 0 Å². The minimum Gasteiger partial charge on any atom is -0.374 e. The molecule has 0 bridgehead atoms. The van der Waals surface area contributed by atoms with Crippen LogP contribution < -0.4 is 5.32 Å². The standard InChI is InChI=1S/C11H23N3O/c1-10-7-14(4-3-12-10)9-11-8-13(2)5-6-15-11/h10-12H,3-9H2,1-2H3/t10-,11+/m0/s1. The van der Waals surface area contributed by atoms with Crippen LogP contribution >= 0.6 is 0 Å². The maximum atomic E-state index is 5.78. The van der Waals surface area contributed by atoms with E-state index in [0.29, 0.717) is 12.1 Å². The molecule has 0 unspecified atom stereocenters. The Hall–Kier alpha value is -0.160. The van der Waals surface area contributed by atoms with Crippen molar-refractivity contribution in [3.05, 3.63) is 0 Å². The van der Waals surface area contributed by atoms with Crippen molar-refractivity contribution in [3.8, 4) is 0 Å². The summed E-state index contributed by atoms with van der Waals surface area (Å²) in [4.78, 5) is 4.88. The van der Waals surface area contributed by atoms with Crippen LogP contribution in [0.5, 0.6) is 0 Å². The maximum Gasteiger partial charge on any atom is 0.0829 e. The van der Waals surface area contributed by atoms with Crippen molar-refractivity contribution in [3.63, 3.8) is 0 Å². The molecule has 2 rings (SSSR count). The Labute approximate surface area is 92.6 Å². The molecule has 0 aliphatic carbocycles. The van der Waals surface area contributed by atoms with Gasteiger partial charge in [-0.1, -0.05) is 0 Å². The highest BCUT2D eigenvalue weighted by Gasteiger charge is 2.23. The number of ether oxygens (including phenoxy) is 1. The van der Waals surface area contributed by atoms with E-state index in [-0.39, 0.29) is 0 Å². The van der Waals surface area contributed by atoms with Crippen LogP contribution in [-0.4, -0.2) is 74.9 Å². The lowest BCUT2D eigenvalue weighted by atomic mass is 10.2. The summed E-state index contributed by atoms with van der Waals surface area (Å²) in [6.45, 7) is 9.83. The third-order valence-electron chi connectivity index (χ3n) is 3.26. The van der Waals surface area contributed by atoms with Crippen LogP contribution in [0, 0.1) is 0 Å². The molecule has 0 spiro atoms. The van der Waals surface area contributed by atoms with E-state index in [1.807, 2.05) is 0 Å². The van der Waals surface area contributed by atoms with Crippen molar-refractivity contribution in [1.29, 1.82) is 0 Å². The number of hydrogen-bond acceptors (Lipinski definition) is 4. The van der Waals surface area contributed by atoms with Crippen LogP contribution in [0.2, 0.25) is 0 Å². The van der Waals surface area contributed by atoms with E-state index in [4.69, 9.17) is 4.74 Å². The zero-order valence-corrected chi connectivity index (χ0v) is 9.91. The van der Waals surface area contributed by atoms with E-state index in [2.05, 4.69) is 29.1 Å². The summed E-state index contributed by atoms with van der Waals surface area (Å²) in [5, 5.41) is 3.47. The molecule has 0 aromatic heterocycles. The van der Waals surface area contributed by atoms with Gasteiger partial charge >= 0.3 is 0 Å². The van der Waals surface area contributed by atoms with Gasteiger partial charge in [0.25, 0.3) is 0 Å². The van der Waals surface area contributed by atoms with Crippen LogP contribution in [0.1, 0.15) is 6.92 Å². The molecule has 0 aromatic carbocycles. The summed E-state index contributed by atoms with van der Waals surface area (Å²) in [5.74, 6) is 0. The van der Waals surface area contributed by atoms with Crippen molar-refractivity contribution in [2.24, 2.45) is 0 Å². The predicted octanol–water partition coefficient (Wildman–Crippen LogP) is -0.389. The SMILES string of the molecule is C[C@H]1CN(C[C@H]2CN(C)CCO2)CCN1. The highest BCUT2D eigenvalue weighted by molar-refractivity contribution is 4.79. The van der Waals surface area contributed by atoms with E-state index in [1.165, 1.54) is 0 Å². The maximum absolute atomic E-state index is 5.78. The average molecular weight is 213 g/mol. The molecule has 1 N–H and O–H groups in total. The Morgan fingerprint density at radius 3 is 2.93 bits per heavy atom. The predicted molar refractivity (Wildman–Crippen MR) is 61.1 cm³/mol. The Morgan fingerprint density at radius 2 is 2.20 bits per heavy atom. The third kappa shape index (κ3) is 3.41. The van der Waals surface area contributed by atoms with Crippen LogP contribution in [0.3, 0.4) is 0 Å². The van der Waals surface area contributed by atoms with E-state index in [1.54, 1.807) is 0 Å². The number of nitrogens with zero attached hydrogens (tertiary/aromatic N) is 2. The molecule has 2 saturated heterocycles. The van der Waals surface area contributed by atoms with Gasteiger partial charge in [-0.2, -0.15) is 0 Å². The first-order valence-corrected chi connectivity index (χ1v) is 6.00. The number of hydrogen-bond donors (Lipinski definition) is 1. The Balaban J connectivity index is 1.75. The number of nitrogens with one attached hydrogen (secondary N) is 1. The molecule has 4 heteroatoms. The molecule has 2 aliphatic heterocycles. The molecule has 2 aliphatic rings. The van der Waals surface area contributed by atoms with Gasteiger partial charge in [0.2, 0.25) is 0 Å². The Morgan fingerprint density at radius 1 is 1.33 bits per heavy atom. The second-order valence-corrected chi connectivity index (χ2v) is 4.87. The van der Waals surface area contributed by atoms with Gasteiger partial charge in [0, 0.05) is 45.3 Å². The van der Waals surface area contributed by atoms with E-state index in [9.17, 15) is 0 Å². The van der Waals surface area contributed by atoms with Gasteiger partial charge in [-0.15, -0.1) is 0 Å². The number of rotatable bonds is 2. The zero-order chi connectivity index (χ0) is 10.7. The largest absolute Gasteiger partial charge is 0.374 e. The lowest BCUT2D eigenvalue weighted by Gasteiger charge is -2.37. The van der Waals surface area contributed by atoms with Crippen molar-refractivity contribution in [1.82, 2.24) is 15.1 Å². The highest BCUT2D eigenvalue weighted by atomic mass is 16.5.